The first-order valence-electron chi connectivity index (χ1n) is 2.53. The van der Waals surface area contributed by atoms with Crippen LogP contribution in [0.25, 0.3) is 0 Å². The largest absolute Gasteiger partial charge is 0.427 e. The zero-order valence-corrected chi connectivity index (χ0v) is 5.14. The van der Waals surface area contributed by atoms with Crippen LogP contribution in [0, 0.1) is 0 Å². The highest BCUT2D eigenvalue weighted by Gasteiger charge is 1.91. The molecule has 0 unspecified atom stereocenters. The molecule has 1 aliphatic rings. The maximum Gasteiger partial charge on any atom is 0.207 e. The number of hydrazone groups is 1. The van der Waals surface area contributed by atoms with Crippen molar-refractivity contribution in [2.75, 3.05) is 0 Å². The van der Waals surface area contributed by atoms with Crippen molar-refractivity contribution in [2.45, 2.75) is 13.8 Å². The molecule has 1 rings (SSSR count). The Labute approximate surface area is 49.0 Å². The van der Waals surface area contributed by atoms with E-state index in [0.29, 0.717) is 5.88 Å². The molecule has 0 aromatic rings. The molecule has 0 spiro atoms. The van der Waals surface area contributed by atoms with Gasteiger partial charge in [-0.05, 0) is 6.58 Å². The summed E-state index contributed by atoms with van der Waals surface area (Å²) in [5.41, 5.74) is 2.47. The second-order valence-electron chi connectivity index (χ2n) is 0.887. The van der Waals surface area contributed by atoms with E-state index in [1.807, 2.05) is 13.8 Å². The highest BCUT2D eigenvalue weighted by Crippen LogP contribution is 1.88. The summed E-state index contributed by atoms with van der Waals surface area (Å²) in [6.07, 6.45) is 1.29. The van der Waals surface area contributed by atoms with Crippen molar-refractivity contribution in [1.29, 1.82) is 0 Å². The first-order chi connectivity index (χ1) is 3.89. The smallest absolute Gasteiger partial charge is 0.207 e. The van der Waals surface area contributed by atoms with Crippen molar-refractivity contribution in [3.8, 4) is 0 Å². The number of ether oxygens (including phenoxy) is 1. The standard InChI is InChI=1S/C3H4N2O.C2H6/c1-3-5-4-2-6-3;1-2/h2,5H,1H2;1-2H3. The molecule has 8 heavy (non-hydrogen) atoms. The Hall–Kier alpha value is -0.990. The first kappa shape index (κ1) is 7.01. The molecule has 1 aliphatic heterocycles. The van der Waals surface area contributed by atoms with Gasteiger partial charge >= 0.3 is 0 Å². The lowest BCUT2D eigenvalue weighted by Crippen LogP contribution is -1.94. The lowest BCUT2D eigenvalue weighted by molar-refractivity contribution is 0.433. The summed E-state index contributed by atoms with van der Waals surface area (Å²) in [4.78, 5) is 0. The van der Waals surface area contributed by atoms with E-state index in [0.717, 1.165) is 0 Å². The lowest BCUT2D eigenvalue weighted by Gasteiger charge is -1.85. The lowest BCUT2D eigenvalue weighted by atomic mass is 11.0. The van der Waals surface area contributed by atoms with Gasteiger partial charge in [0.1, 0.15) is 0 Å². The van der Waals surface area contributed by atoms with E-state index in [1.54, 1.807) is 0 Å². The second-order valence-corrected chi connectivity index (χ2v) is 0.887. The van der Waals surface area contributed by atoms with Crippen LogP contribution in [0.2, 0.25) is 0 Å². The second kappa shape index (κ2) is 4.18. The summed E-state index contributed by atoms with van der Waals surface area (Å²) < 4.78 is 4.56. The fraction of sp³-hybridized carbons (Fsp3) is 0.400. The van der Waals surface area contributed by atoms with Gasteiger partial charge < -0.3 is 4.74 Å². The van der Waals surface area contributed by atoms with Crippen molar-refractivity contribution < 1.29 is 4.74 Å². The Balaban J connectivity index is 0.000000222. The number of nitrogens with one attached hydrogen (secondary N) is 1. The van der Waals surface area contributed by atoms with Gasteiger partial charge in [-0.25, -0.2) is 5.43 Å². The minimum atomic E-state index is 0.481. The molecule has 1 heterocycles. The van der Waals surface area contributed by atoms with Crippen molar-refractivity contribution in [1.82, 2.24) is 5.43 Å². The maximum atomic E-state index is 4.56. The Morgan fingerprint density at radius 3 is 2.50 bits per heavy atom. The molecule has 3 heteroatoms. The van der Waals surface area contributed by atoms with Gasteiger partial charge in [0, 0.05) is 0 Å². The topological polar surface area (TPSA) is 33.6 Å². The summed E-state index contributed by atoms with van der Waals surface area (Å²) in [5, 5.41) is 3.47. The molecule has 0 fully saturated rings. The number of rotatable bonds is 0. The van der Waals surface area contributed by atoms with Crippen LogP contribution in [0.5, 0.6) is 0 Å². The Bertz CT molecular complexity index is 88.6. The molecule has 0 atom stereocenters. The normalized spacial score (nSPS) is 13.5. The van der Waals surface area contributed by atoms with Gasteiger partial charge in [-0.3, -0.25) is 0 Å². The van der Waals surface area contributed by atoms with Crippen LogP contribution in [-0.4, -0.2) is 6.40 Å². The third kappa shape index (κ3) is 2.23. The fourth-order valence-electron chi connectivity index (χ4n) is 0.215. The predicted molar refractivity (Wildman–Crippen MR) is 33.2 cm³/mol. The van der Waals surface area contributed by atoms with E-state index in [1.165, 1.54) is 6.40 Å². The van der Waals surface area contributed by atoms with Crippen molar-refractivity contribution in [3.05, 3.63) is 12.5 Å². The van der Waals surface area contributed by atoms with Crippen molar-refractivity contribution >= 4 is 6.40 Å². The summed E-state index contributed by atoms with van der Waals surface area (Å²) >= 11 is 0. The molecule has 0 bridgehead atoms. The molecular weight excluding hydrogens is 104 g/mol. The summed E-state index contributed by atoms with van der Waals surface area (Å²) in [5.74, 6) is 0.481. The van der Waals surface area contributed by atoms with Crippen LogP contribution in [-0.2, 0) is 4.74 Å². The first-order valence-corrected chi connectivity index (χ1v) is 2.53. The third-order valence-electron chi connectivity index (χ3n) is 0.437. The SMILES string of the molecule is C=C1NN=CO1.CC. The minimum absolute atomic E-state index is 0.481. The predicted octanol–water partition coefficient (Wildman–Crippen LogP) is 1.05. The van der Waals surface area contributed by atoms with E-state index in [2.05, 4.69) is 21.8 Å². The average Bonchev–Trinajstić information content (AvgIpc) is 2.24. The zero-order chi connectivity index (χ0) is 6.41. The van der Waals surface area contributed by atoms with Gasteiger partial charge in [0.05, 0.1) is 0 Å². The zero-order valence-electron chi connectivity index (χ0n) is 5.14. The molecule has 3 nitrogen and oxygen atoms in total. The maximum absolute atomic E-state index is 4.56. The summed E-state index contributed by atoms with van der Waals surface area (Å²) in [7, 11) is 0. The molecule has 0 amide bonds. The van der Waals surface area contributed by atoms with Gasteiger partial charge in [0.15, 0.2) is 0 Å². The van der Waals surface area contributed by atoms with Crippen LogP contribution in [0.4, 0.5) is 0 Å². The van der Waals surface area contributed by atoms with Crippen LogP contribution < -0.4 is 5.43 Å². The molecule has 0 radical (unpaired) electrons. The van der Waals surface area contributed by atoms with Crippen molar-refractivity contribution in [2.24, 2.45) is 5.10 Å². The van der Waals surface area contributed by atoms with E-state index in [-0.39, 0.29) is 0 Å². The Morgan fingerprint density at radius 2 is 2.38 bits per heavy atom. The van der Waals surface area contributed by atoms with Crippen LogP contribution >= 0.6 is 0 Å². The van der Waals surface area contributed by atoms with Gasteiger partial charge in [-0.2, -0.15) is 0 Å². The molecule has 0 aliphatic carbocycles. The molecule has 46 valence electrons. The molecule has 0 aromatic carbocycles. The van der Waals surface area contributed by atoms with E-state index in [9.17, 15) is 0 Å². The summed E-state index contributed by atoms with van der Waals surface area (Å²) in [6.45, 7) is 7.40. The fourth-order valence-corrected chi connectivity index (χ4v) is 0.215. The van der Waals surface area contributed by atoms with E-state index < -0.39 is 0 Å². The highest BCUT2D eigenvalue weighted by atomic mass is 16.5. The number of nitrogens with zero attached hydrogens (tertiary/aromatic N) is 1. The van der Waals surface area contributed by atoms with Gasteiger partial charge in [0.25, 0.3) is 0 Å². The molecule has 1 N–H and O–H groups in total. The van der Waals surface area contributed by atoms with Crippen LogP contribution in [0.1, 0.15) is 13.8 Å². The van der Waals surface area contributed by atoms with Gasteiger partial charge in [-0.15, -0.1) is 5.10 Å². The quantitative estimate of drug-likeness (QED) is 0.510. The van der Waals surface area contributed by atoms with Gasteiger partial charge in [-0.1, -0.05) is 13.8 Å². The summed E-state index contributed by atoms with van der Waals surface area (Å²) in [6, 6.07) is 0. The average molecular weight is 114 g/mol. The minimum Gasteiger partial charge on any atom is -0.427 e. The van der Waals surface area contributed by atoms with Crippen molar-refractivity contribution in [3.63, 3.8) is 0 Å². The third-order valence-corrected chi connectivity index (χ3v) is 0.437. The van der Waals surface area contributed by atoms with Gasteiger partial charge in [0.2, 0.25) is 12.3 Å². The molecule has 0 aromatic heterocycles. The number of hydrogen-bond acceptors (Lipinski definition) is 3. The molecule has 0 saturated heterocycles. The number of hydrogen-bond donors (Lipinski definition) is 1. The monoisotopic (exact) mass is 114 g/mol. The van der Waals surface area contributed by atoms with Crippen LogP contribution in [0.15, 0.2) is 17.6 Å². The molecule has 0 saturated carbocycles. The molecular formula is C5H10N2O. The highest BCUT2D eigenvalue weighted by molar-refractivity contribution is 5.50. The van der Waals surface area contributed by atoms with E-state index in [4.69, 9.17) is 0 Å². The Morgan fingerprint density at radius 1 is 1.75 bits per heavy atom. The Kier molecular flexibility index (Phi) is 3.66. The van der Waals surface area contributed by atoms with Crippen LogP contribution in [0.3, 0.4) is 0 Å². The van der Waals surface area contributed by atoms with E-state index >= 15 is 0 Å².